The predicted molar refractivity (Wildman–Crippen MR) is 87.6 cm³/mol. The number of rotatable bonds is 5. The van der Waals surface area contributed by atoms with E-state index in [1.807, 2.05) is 45.0 Å². The normalized spacial score (nSPS) is 12.0. The molecule has 2 heterocycles. The van der Waals surface area contributed by atoms with Gasteiger partial charge in [-0.15, -0.1) is 0 Å². The Morgan fingerprint density at radius 3 is 2.67 bits per heavy atom. The number of sulfone groups is 1. The average molecular weight is 346 g/mol. The smallest absolute Gasteiger partial charge is 0.232 e. The Bertz CT molecular complexity index is 957. The van der Waals surface area contributed by atoms with Crippen LogP contribution < -0.4 is 0 Å². The highest BCUT2D eigenvalue weighted by atomic mass is 32.2. The van der Waals surface area contributed by atoms with Crippen molar-refractivity contribution in [1.82, 2.24) is 19.7 Å². The molecule has 0 amide bonds. The monoisotopic (exact) mass is 346 g/mol. The highest BCUT2D eigenvalue weighted by Crippen LogP contribution is 2.21. The van der Waals surface area contributed by atoms with E-state index in [1.54, 1.807) is 10.8 Å². The Morgan fingerprint density at radius 2 is 2.00 bits per heavy atom. The summed E-state index contributed by atoms with van der Waals surface area (Å²) in [5.41, 5.74) is 1.72. The van der Waals surface area contributed by atoms with Gasteiger partial charge in [-0.05, 0) is 18.6 Å². The molecule has 0 atom stereocenters. The van der Waals surface area contributed by atoms with E-state index in [0.29, 0.717) is 5.89 Å². The van der Waals surface area contributed by atoms with Crippen LogP contribution in [0, 0.1) is 6.92 Å². The van der Waals surface area contributed by atoms with Crippen LogP contribution in [-0.2, 0) is 15.6 Å². The molecule has 3 aromatic rings. The van der Waals surface area contributed by atoms with Gasteiger partial charge in [-0.25, -0.2) is 13.4 Å². The van der Waals surface area contributed by atoms with E-state index >= 15 is 0 Å². The molecule has 0 spiro atoms. The van der Waals surface area contributed by atoms with Crippen LogP contribution in [-0.4, -0.2) is 28.1 Å². The molecule has 0 fully saturated rings. The van der Waals surface area contributed by atoms with E-state index in [4.69, 9.17) is 4.52 Å². The van der Waals surface area contributed by atoms with Gasteiger partial charge in [0.15, 0.2) is 5.82 Å². The van der Waals surface area contributed by atoms with Crippen LogP contribution in [0.5, 0.6) is 0 Å². The van der Waals surface area contributed by atoms with Gasteiger partial charge >= 0.3 is 0 Å². The summed E-state index contributed by atoms with van der Waals surface area (Å²) < 4.78 is 32.1. The number of hydrogen-bond acceptors (Lipinski definition) is 6. The quantitative estimate of drug-likeness (QED) is 0.705. The van der Waals surface area contributed by atoms with Crippen molar-refractivity contribution in [1.29, 1.82) is 0 Å². The lowest BCUT2D eigenvalue weighted by Gasteiger charge is -2.10. The number of hydrogen-bond donors (Lipinski definition) is 0. The average Bonchev–Trinajstić information content (AvgIpc) is 3.16. The largest absolute Gasteiger partial charge is 0.339 e. The molecule has 7 nitrogen and oxygen atoms in total. The fraction of sp³-hybridized carbons (Fsp3) is 0.312. The Hall–Kier alpha value is -2.48. The Balaban J connectivity index is 1.96. The Labute approximate surface area is 140 Å². The molecule has 0 unspecified atom stereocenters. The summed E-state index contributed by atoms with van der Waals surface area (Å²) in [4.78, 5) is 8.16. The topological polar surface area (TPSA) is 90.9 Å². The second kappa shape index (κ2) is 6.20. The van der Waals surface area contributed by atoms with E-state index in [-0.39, 0.29) is 22.7 Å². The molecule has 0 saturated heterocycles. The van der Waals surface area contributed by atoms with E-state index in [1.165, 1.54) is 6.20 Å². The highest BCUT2D eigenvalue weighted by Gasteiger charge is 2.25. The molecule has 0 N–H and O–H groups in total. The number of para-hydroxylation sites is 1. The molecule has 0 aliphatic heterocycles. The molecule has 0 bridgehead atoms. The Morgan fingerprint density at radius 1 is 1.25 bits per heavy atom. The minimum atomic E-state index is -3.71. The first-order valence-corrected chi connectivity index (χ1v) is 9.18. The van der Waals surface area contributed by atoms with Gasteiger partial charge in [-0.3, -0.25) is 4.57 Å². The van der Waals surface area contributed by atoms with Crippen molar-refractivity contribution in [3.63, 3.8) is 0 Å². The van der Waals surface area contributed by atoms with Gasteiger partial charge < -0.3 is 4.52 Å². The van der Waals surface area contributed by atoms with Crippen LogP contribution in [0.2, 0.25) is 0 Å². The minimum absolute atomic E-state index is 0.0345. The number of imidazole rings is 1. The second-order valence-corrected chi connectivity index (χ2v) is 7.71. The van der Waals surface area contributed by atoms with Crippen molar-refractivity contribution in [2.75, 3.05) is 0 Å². The summed E-state index contributed by atoms with van der Waals surface area (Å²) in [6.45, 7) is 5.72. The third-order valence-corrected chi connectivity index (χ3v) is 5.05. The number of aromatic nitrogens is 4. The van der Waals surface area contributed by atoms with Crippen molar-refractivity contribution in [2.24, 2.45) is 0 Å². The summed E-state index contributed by atoms with van der Waals surface area (Å²) in [6.07, 6.45) is 3.10. The first-order valence-electron chi connectivity index (χ1n) is 7.53. The second-order valence-electron chi connectivity index (χ2n) is 5.83. The van der Waals surface area contributed by atoms with Gasteiger partial charge in [0, 0.05) is 18.3 Å². The maximum absolute atomic E-state index is 12.7. The third kappa shape index (κ3) is 3.09. The number of nitrogens with zero attached hydrogens (tertiary/aromatic N) is 4. The molecular formula is C16H18N4O3S. The van der Waals surface area contributed by atoms with E-state index in [0.717, 1.165) is 11.3 Å². The first-order chi connectivity index (χ1) is 11.4. The zero-order valence-electron chi connectivity index (χ0n) is 13.7. The third-order valence-electron chi connectivity index (χ3n) is 3.56. The van der Waals surface area contributed by atoms with E-state index in [9.17, 15) is 8.42 Å². The van der Waals surface area contributed by atoms with Gasteiger partial charge in [0.05, 0.1) is 5.69 Å². The molecule has 0 aliphatic carbocycles. The SMILES string of the molecule is Cc1ccccc1-n1ccnc1S(=O)(=O)Cc1noc(C(C)C)n1. The van der Waals surface area contributed by atoms with Crippen LogP contribution >= 0.6 is 0 Å². The van der Waals surface area contributed by atoms with Crippen LogP contribution in [0.15, 0.2) is 46.3 Å². The van der Waals surface area contributed by atoms with Gasteiger partial charge in [0.2, 0.25) is 20.9 Å². The summed E-state index contributed by atoms with van der Waals surface area (Å²) in [5.74, 6) is 0.245. The predicted octanol–water partition coefficient (Wildman–Crippen LogP) is 2.66. The van der Waals surface area contributed by atoms with Crippen LogP contribution in [0.25, 0.3) is 5.69 Å². The van der Waals surface area contributed by atoms with Crippen LogP contribution in [0.4, 0.5) is 0 Å². The van der Waals surface area contributed by atoms with Gasteiger partial charge in [-0.1, -0.05) is 37.2 Å². The zero-order chi connectivity index (χ0) is 17.3. The van der Waals surface area contributed by atoms with Gasteiger partial charge in [0.25, 0.3) is 0 Å². The summed E-state index contributed by atoms with van der Waals surface area (Å²) in [6, 6.07) is 7.52. The molecule has 0 radical (unpaired) electrons. The molecule has 0 saturated carbocycles. The minimum Gasteiger partial charge on any atom is -0.339 e. The van der Waals surface area contributed by atoms with Crippen molar-refractivity contribution >= 4 is 9.84 Å². The van der Waals surface area contributed by atoms with E-state index < -0.39 is 9.84 Å². The van der Waals surface area contributed by atoms with E-state index in [2.05, 4.69) is 15.1 Å². The van der Waals surface area contributed by atoms with Gasteiger partial charge in [0.1, 0.15) is 5.75 Å². The van der Waals surface area contributed by atoms with Crippen molar-refractivity contribution in [2.45, 2.75) is 37.6 Å². The molecule has 126 valence electrons. The molecule has 24 heavy (non-hydrogen) atoms. The van der Waals surface area contributed by atoms with Crippen molar-refractivity contribution in [3.8, 4) is 5.69 Å². The fourth-order valence-electron chi connectivity index (χ4n) is 2.33. The van der Waals surface area contributed by atoms with Crippen LogP contribution in [0.3, 0.4) is 0 Å². The van der Waals surface area contributed by atoms with Crippen molar-refractivity contribution in [3.05, 3.63) is 53.9 Å². The summed E-state index contributed by atoms with van der Waals surface area (Å²) in [7, 11) is -3.71. The lowest BCUT2D eigenvalue weighted by molar-refractivity contribution is 0.361. The van der Waals surface area contributed by atoms with Crippen LogP contribution in [0.1, 0.15) is 37.0 Å². The molecule has 0 aliphatic rings. The lowest BCUT2D eigenvalue weighted by atomic mass is 10.2. The number of aryl methyl sites for hydroxylation is 1. The molecule has 3 rings (SSSR count). The Kier molecular flexibility index (Phi) is 4.23. The maximum atomic E-state index is 12.7. The molecular weight excluding hydrogens is 328 g/mol. The molecule has 2 aromatic heterocycles. The summed E-state index contributed by atoms with van der Waals surface area (Å²) >= 11 is 0. The lowest BCUT2D eigenvalue weighted by Crippen LogP contribution is -2.13. The zero-order valence-corrected chi connectivity index (χ0v) is 14.5. The van der Waals surface area contributed by atoms with Crippen molar-refractivity contribution < 1.29 is 12.9 Å². The fourth-order valence-corrected chi connectivity index (χ4v) is 3.60. The standard InChI is InChI=1S/C16H18N4O3S/c1-11(2)15-18-14(19-23-15)10-24(21,22)16-17-8-9-20(16)13-7-5-4-6-12(13)3/h4-9,11H,10H2,1-3H3. The first kappa shape index (κ1) is 16.4. The number of benzene rings is 1. The van der Waals surface area contributed by atoms with Gasteiger partial charge in [-0.2, -0.15) is 4.98 Å². The molecule has 1 aromatic carbocycles. The maximum Gasteiger partial charge on any atom is 0.232 e. The highest BCUT2D eigenvalue weighted by molar-refractivity contribution is 7.90. The summed E-state index contributed by atoms with van der Waals surface area (Å²) in [5, 5.41) is 3.72. The molecule has 8 heteroatoms.